The predicted molar refractivity (Wildman–Crippen MR) is 85.3 cm³/mol. The van der Waals surface area contributed by atoms with E-state index in [9.17, 15) is 5.11 Å². The van der Waals surface area contributed by atoms with Crippen LogP contribution in [0.5, 0.6) is 5.75 Å². The molecule has 0 heterocycles. The van der Waals surface area contributed by atoms with Gasteiger partial charge in [0.1, 0.15) is 5.75 Å². The molecule has 0 aliphatic heterocycles. The average Bonchev–Trinajstić information content (AvgIpc) is 2.46. The maximum absolute atomic E-state index is 9.38. The van der Waals surface area contributed by atoms with Crippen molar-refractivity contribution in [2.45, 2.75) is 39.2 Å². The lowest BCUT2D eigenvalue weighted by Gasteiger charge is -2.20. The molecule has 0 saturated heterocycles. The van der Waals surface area contributed by atoms with Crippen molar-refractivity contribution in [1.82, 2.24) is 0 Å². The van der Waals surface area contributed by atoms with Gasteiger partial charge in [-0.15, -0.1) is 0 Å². The molecule has 2 N–H and O–H groups in total. The minimum atomic E-state index is 0.262. The molecule has 0 amide bonds. The molecular formula is C18H23NO. The van der Waals surface area contributed by atoms with E-state index in [-0.39, 0.29) is 6.04 Å². The smallest absolute Gasteiger partial charge is 0.115 e. The van der Waals surface area contributed by atoms with Crippen LogP contribution < -0.4 is 5.32 Å². The Balaban J connectivity index is 2.17. The van der Waals surface area contributed by atoms with Crippen LogP contribution in [0.4, 0.5) is 5.69 Å². The zero-order chi connectivity index (χ0) is 14.5. The van der Waals surface area contributed by atoms with Crippen LogP contribution in [0.3, 0.4) is 0 Å². The molecule has 0 fully saturated rings. The lowest BCUT2D eigenvalue weighted by atomic mass is 10.0. The Kier molecular flexibility index (Phi) is 4.67. The molecule has 2 heteroatoms. The van der Waals surface area contributed by atoms with Gasteiger partial charge in [0.2, 0.25) is 0 Å². The Morgan fingerprint density at radius 1 is 1.00 bits per heavy atom. The Hall–Kier alpha value is -1.96. The standard InChI is InChI=1S/C18H23NO/c1-4-18(14-8-10-17(20)11-9-14)19-16-7-5-6-15(12-16)13(2)3/h5-13,18-20H,4H2,1-3H3. The summed E-state index contributed by atoms with van der Waals surface area (Å²) in [4.78, 5) is 0. The van der Waals surface area contributed by atoms with Crippen molar-refractivity contribution in [3.8, 4) is 5.75 Å². The van der Waals surface area contributed by atoms with Gasteiger partial charge in [-0.3, -0.25) is 0 Å². The Morgan fingerprint density at radius 2 is 1.70 bits per heavy atom. The summed E-state index contributed by atoms with van der Waals surface area (Å²) in [6, 6.07) is 16.3. The van der Waals surface area contributed by atoms with Crippen LogP contribution in [0.25, 0.3) is 0 Å². The first kappa shape index (κ1) is 14.4. The van der Waals surface area contributed by atoms with Gasteiger partial charge in [0.25, 0.3) is 0 Å². The van der Waals surface area contributed by atoms with Gasteiger partial charge in [0.05, 0.1) is 6.04 Å². The first-order chi connectivity index (χ1) is 9.60. The van der Waals surface area contributed by atoms with E-state index in [0.29, 0.717) is 11.7 Å². The van der Waals surface area contributed by atoms with Crippen molar-refractivity contribution in [2.75, 3.05) is 5.32 Å². The van der Waals surface area contributed by atoms with Crippen LogP contribution in [0, 0.1) is 0 Å². The van der Waals surface area contributed by atoms with E-state index in [1.165, 1.54) is 11.1 Å². The van der Waals surface area contributed by atoms with Gasteiger partial charge in [-0.2, -0.15) is 0 Å². The van der Waals surface area contributed by atoms with Gasteiger partial charge in [0.15, 0.2) is 0 Å². The van der Waals surface area contributed by atoms with Crippen LogP contribution >= 0.6 is 0 Å². The topological polar surface area (TPSA) is 32.3 Å². The summed E-state index contributed by atoms with van der Waals surface area (Å²) in [7, 11) is 0. The third kappa shape index (κ3) is 3.53. The molecule has 2 rings (SSSR count). The number of benzene rings is 2. The molecule has 2 aromatic carbocycles. The van der Waals surface area contributed by atoms with E-state index in [2.05, 4.69) is 50.4 Å². The van der Waals surface area contributed by atoms with Crippen molar-refractivity contribution < 1.29 is 5.11 Å². The summed E-state index contributed by atoms with van der Waals surface area (Å²) < 4.78 is 0. The minimum Gasteiger partial charge on any atom is -0.508 e. The van der Waals surface area contributed by atoms with Crippen molar-refractivity contribution in [3.05, 3.63) is 59.7 Å². The van der Waals surface area contributed by atoms with E-state index < -0.39 is 0 Å². The summed E-state index contributed by atoms with van der Waals surface area (Å²) in [6.45, 7) is 6.57. The third-order valence-electron chi connectivity index (χ3n) is 3.60. The van der Waals surface area contributed by atoms with Crippen LogP contribution in [0.2, 0.25) is 0 Å². The number of nitrogens with one attached hydrogen (secondary N) is 1. The van der Waals surface area contributed by atoms with Crippen LogP contribution in [0.15, 0.2) is 48.5 Å². The highest BCUT2D eigenvalue weighted by Gasteiger charge is 2.09. The maximum Gasteiger partial charge on any atom is 0.115 e. The number of aromatic hydroxyl groups is 1. The molecule has 0 aliphatic rings. The molecule has 2 nitrogen and oxygen atoms in total. The highest BCUT2D eigenvalue weighted by molar-refractivity contribution is 5.48. The zero-order valence-corrected chi connectivity index (χ0v) is 12.4. The van der Waals surface area contributed by atoms with Gasteiger partial charge < -0.3 is 10.4 Å². The summed E-state index contributed by atoms with van der Waals surface area (Å²) in [5.74, 6) is 0.843. The summed E-state index contributed by atoms with van der Waals surface area (Å²) in [6.07, 6.45) is 0.997. The normalized spacial score (nSPS) is 12.4. The number of anilines is 1. The molecule has 1 unspecified atom stereocenters. The SMILES string of the molecule is CCC(Nc1cccc(C(C)C)c1)c1ccc(O)cc1. The van der Waals surface area contributed by atoms with Gasteiger partial charge in [-0.1, -0.05) is 45.0 Å². The first-order valence-corrected chi connectivity index (χ1v) is 7.25. The number of hydrogen-bond acceptors (Lipinski definition) is 2. The minimum absolute atomic E-state index is 0.262. The van der Waals surface area contributed by atoms with Crippen molar-refractivity contribution in [3.63, 3.8) is 0 Å². The number of rotatable bonds is 5. The molecule has 0 aromatic heterocycles. The van der Waals surface area contributed by atoms with Gasteiger partial charge in [-0.25, -0.2) is 0 Å². The van der Waals surface area contributed by atoms with Crippen molar-refractivity contribution >= 4 is 5.69 Å². The summed E-state index contributed by atoms with van der Waals surface area (Å²) in [5, 5.41) is 13.0. The second-order valence-electron chi connectivity index (χ2n) is 5.48. The maximum atomic E-state index is 9.38. The van der Waals surface area contributed by atoms with Crippen LogP contribution in [0.1, 0.15) is 50.3 Å². The van der Waals surface area contributed by atoms with E-state index in [1.54, 1.807) is 12.1 Å². The lowest BCUT2D eigenvalue weighted by Crippen LogP contribution is -2.09. The number of phenols is 1. The van der Waals surface area contributed by atoms with Crippen LogP contribution in [-0.4, -0.2) is 5.11 Å². The molecule has 0 radical (unpaired) electrons. The fourth-order valence-corrected chi connectivity index (χ4v) is 2.32. The zero-order valence-electron chi connectivity index (χ0n) is 12.4. The number of phenolic OH excluding ortho intramolecular Hbond substituents is 1. The van der Waals surface area contributed by atoms with E-state index in [1.807, 2.05) is 12.1 Å². The molecular weight excluding hydrogens is 246 g/mol. The molecule has 0 spiro atoms. The molecule has 2 aromatic rings. The van der Waals surface area contributed by atoms with Gasteiger partial charge in [-0.05, 0) is 47.7 Å². The second-order valence-corrected chi connectivity index (χ2v) is 5.48. The largest absolute Gasteiger partial charge is 0.508 e. The number of hydrogen-bond donors (Lipinski definition) is 2. The lowest BCUT2D eigenvalue weighted by molar-refractivity contribution is 0.475. The Labute approximate surface area is 121 Å². The monoisotopic (exact) mass is 269 g/mol. The Bertz CT molecular complexity index is 546. The molecule has 0 saturated carbocycles. The quantitative estimate of drug-likeness (QED) is 0.793. The highest BCUT2D eigenvalue weighted by atomic mass is 16.3. The molecule has 106 valence electrons. The van der Waals surface area contributed by atoms with Gasteiger partial charge in [0, 0.05) is 5.69 Å². The first-order valence-electron chi connectivity index (χ1n) is 7.25. The van der Waals surface area contributed by atoms with Crippen molar-refractivity contribution in [2.24, 2.45) is 0 Å². The fourth-order valence-electron chi connectivity index (χ4n) is 2.32. The third-order valence-corrected chi connectivity index (χ3v) is 3.60. The summed E-state index contributed by atoms with van der Waals surface area (Å²) >= 11 is 0. The van der Waals surface area contributed by atoms with Crippen molar-refractivity contribution in [1.29, 1.82) is 0 Å². The van der Waals surface area contributed by atoms with Crippen LogP contribution in [-0.2, 0) is 0 Å². The van der Waals surface area contributed by atoms with Gasteiger partial charge >= 0.3 is 0 Å². The summed E-state index contributed by atoms with van der Waals surface area (Å²) in [5.41, 5.74) is 3.69. The highest BCUT2D eigenvalue weighted by Crippen LogP contribution is 2.26. The molecule has 0 bridgehead atoms. The van der Waals surface area contributed by atoms with E-state index >= 15 is 0 Å². The second kappa shape index (κ2) is 6.47. The Morgan fingerprint density at radius 3 is 2.30 bits per heavy atom. The predicted octanol–water partition coefficient (Wildman–Crippen LogP) is 5.08. The van der Waals surface area contributed by atoms with E-state index in [0.717, 1.165) is 12.1 Å². The molecule has 1 atom stereocenters. The molecule has 0 aliphatic carbocycles. The fraction of sp³-hybridized carbons (Fsp3) is 0.333. The average molecular weight is 269 g/mol. The molecule has 20 heavy (non-hydrogen) atoms. The van der Waals surface area contributed by atoms with E-state index in [4.69, 9.17) is 0 Å².